The van der Waals surface area contributed by atoms with Gasteiger partial charge >= 0.3 is 0 Å². The van der Waals surface area contributed by atoms with Crippen LogP contribution < -0.4 is 0 Å². The second-order valence-electron chi connectivity index (χ2n) is 2.90. The molecule has 54 valence electrons. The van der Waals surface area contributed by atoms with Crippen LogP contribution in [0.1, 0.15) is 12.8 Å². The monoisotopic (exact) mass is 159 g/mol. The van der Waals surface area contributed by atoms with Crippen LogP contribution in [0.5, 0.6) is 0 Å². The van der Waals surface area contributed by atoms with Gasteiger partial charge in [-0.3, -0.25) is 0 Å². The minimum Gasteiger partial charge on any atom is -0.329 e. The summed E-state index contributed by atoms with van der Waals surface area (Å²) in [5.41, 5.74) is 0. The molecular weight excluding hydrogens is 142 g/mol. The third kappa shape index (κ3) is 2.64. The first-order chi connectivity index (χ1) is 4.43. The predicted octanol–water partition coefficient (Wildman–Crippen LogP) is -0.632. The van der Waals surface area contributed by atoms with Gasteiger partial charge in [0, 0.05) is 10.2 Å². The summed E-state index contributed by atoms with van der Waals surface area (Å²) in [6.45, 7) is 2.88. The van der Waals surface area contributed by atoms with Crippen LogP contribution in [0.4, 0.5) is 0 Å². The molecular formula is C6H17NSi2. The topological polar surface area (TPSA) is 3.24 Å². The standard InChI is InChI=1S/C6H17NSi2/c8-5-6-9-7-3-1-2-4-7/h1-6,9H2,8H3. The molecule has 0 unspecified atom stereocenters. The van der Waals surface area contributed by atoms with E-state index in [0.717, 1.165) is 0 Å². The van der Waals surface area contributed by atoms with E-state index in [1.807, 2.05) is 0 Å². The van der Waals surface area contributed by atoms with Gasteiger partial charge in [-0.05, 0) is 25.9 Å². The lowest BCUT2D eigenvalue weighted by atomic mass is 10.4. The number of rotatable bonds is 3. The van der Waals surface area contributed by atoms with Crippen molar-refractivity contribution in [3.8, 4) is 0 Å². The van der Waals surface area contributed by atoms with E-state index in [4.69, 9.17) is 0 Å². The molecule has 0 saturated carbocycles. The van der Waals surface area contributed by atoms with E-state index in [9.17, 15) is 0 Å². The molecule has 0 aromatic heterocycles. The summed E-state index contributed by atoms with van der Waals surface area (Å²) in [4.78, 5) is 0. The average Bonchev–Trinajstić information content (AvgIpc) is 2.34. The number of hydrogen-bond donors (Lipinski definition) is 0. The Hall–Kier alpha value is 0.394. The van der Waals surface area contributed by atoms with Gasteiger partial charge in [-0.1, -0.05) is 12.1 Å². The molecule has 9 heavy (non-hydrogen) atoms. The molecule has 3 heteroatoms. The highest BCUT2D eigenvalue weighted by Crippen LogP contribution is 2.06. The van der Waals surface area contributed by atoms with Crippen LogP contribution >= 0.6 is 0 Å². The van der Waals surface area contributed by atoms with Crippen molar-refractivity contribution in [2.75, 3.05) is 13.1 Å². The molecule has 0 atom stereocenters. The van der Waals surface area contributed by atoms with Crippen LogP contribution in [-0.2, 0) is 0 Å². The lowest BCUT2D eigenvalue weighted by molar-refractivity contribution is 0.550. The van der Waals surface area contributed by atoms with E-state index < -0.39 is 0 Å². The van der Waals surface area contributed by atoms with E-state index in [-0.39, 0.29) is 9.68 Å². The van der Waals surface area contributed by atoms with Gasteiger partial charge in [0.25, 0.3) is 0 Å². The molecule has 1 fully saturated rings. The van der Waals surface area contributed by atoms with Crippen LogP contribution in [0.25, 0.3) is 0 Å². The molecule has 0 N–H and O–H groups in total. The molecule has 0 aromatic carbocycles. The molecule has 1 rings (SSSR count). The van der Waals surface area contributed by atoms with Crippen molar-refractivity contribution in [3.05, 3.63) is 0 Å². The van der Waals surface area contributed by atoms with Gasteiger partial charge in [0.1, 0.15) is 0 Å². The Labute approximate surface area is 63.1 Å². The normalized spacial score (nSPS) is 22.7. The van der Waals surface area contributed by atoms with Crippen LogP contribution in [0, 0.1) is 0 Å². The highest BCUT2D eigenvalue weighted by atomic mass is 28.2. The van der Waals surface area contributed by atoms with E-state index in [1.165, 1.54) is 36.2 Å². The molecule has 1 aliphatic rings. The van der Waals surface area contributed by atoms with Crippen molar-refractivity contribution < 1.29 is 0 Å². The fourth-order valence-corrected chi connectivity index (χ4v) is 3.99. The first-order valence-corrected chi connectivity index (χ1v) is 7.20. The van der Waals surface area contributed by atoms with Gasteiger partial charge in [-0.25, -0.2) is 0 Å². The fraction of sp³-hybridized carbons (Fsp3) is 1.00. The number of nitrogens with zero attached hydrogens (tertiary/aromatic N) is 1. The maximum Gasteiger partial charge on any atom is 0.0947 e. The van der Waals surface area contributed by atoms with Crippen LogP contribution in [0.3, 0.4) is 0 Å². The Bertz CT molecular complexity index is 71.5. The van der Waals surface area contributed by atoms with E-state index >= 15 is 0 Å². The van der Waals surface area contributed by atoms with Crippen LogP contribution in [0.2, 0.25) is 12.1 Å². The maximum absolute atomic E-state index is 2.73. The first kappa shape index (κ1) is 7.50. The molecule has 1 heterocycles. The smallest absolute Gasteiger partial charge is 0.0947 e. The molecule has 0 bridgehead atoms. The third-order valence-electron chi connectivity index (χ3n) is 2.03. The van der Waals surface area contributed by atoms with Crippen molar-refractivity contribution in [1.82, 2.24) is 4.57 Å². The first-order valence-electron chi connectivity index (χ1n) is 4.16. The lowest BCUT2D eigenvalue weighted by Crippen LogP contribution is -2.23. The van der Waals surface area contributed by atoms with Gasteiger partial charge in [0.2, 0.25) is 0 Å². The molecule has 1 nitrogen and oxygen atoms in total. The SMILES string of the molecule is [SiH3]CC[SiH2]N1CCCC1. The zero-order valence-electron chi connectivity index (χ0n) is 6.40. The maximum atomic E-state index is 2.73. The third-order valence-corrected chi connectivity index (χ3v) is 6.44. The lowest BCUT2D eigenvalue weighted by Gasteiger charge is -2.11. The molecule has 0 amide bonds. The molecule has 0 aromatic rings. The summed E-state index contributed by atoms with van der Waals surface area (Å²) < 4.78 is 2.73. The number of hydrogen-bond acceptors (Lipinski definition) is 1. The van der Waals surface area contributed by atoms with E-state index in [0.29, 0.717) is 0 Å². The highest BCUT2D eigenvalue weighted by molar-refractivity contribution is 6.33. The van der Waals surface area contributed by atoms with Crippen molar-refractivity contribution in [2.45, 2.75) is 24.9 Å². The van der Waals surface area contributed by atoms with Crippen molar-refractivity contribution in [3.63, 3.8) is 0 Å². The zero-order chi connectivity index (χ0) is 6.53. The quantitative estimate of drug-likeness (QED) is 0.496. The van der Waals surface area contributed by atoms with Gasteiger partial charge in [-0.2, -0.15) is 0 Å². The second-order valence-corrected chi connectivity index (χ2v) is 5.95. The summed E-state index contributed by atoms with van der Waals surface area (Å²) in [7, 11) is 1.68. The van der Waals surface area contributed by atoms with Crippen molar-refractivity contribution in [1.29, 1.82) is 0 Å². The van der Waals surface area contributed by atoms with Crippen LogP contribution in [0.15, 0.2) is 0 Å². The van der Waals surface area contributed by atoms with E-state index in [2.05, 4.69) is 4.57 Å². The summed E-state index contributed by atoms with van der Waals surface area (Å²) in [6, 6.07) is 3.13. The Balaban J connectivity index is 1.98. The minimum atomic E-state index is 0.256. The Morgan fingerprint density at radius 2 is 2.00 bits per heavy atom. The molecule has 0 spiro atoms. The molecule has 0 aliphatic carbocycles. The van der Waals surface area contributed by atoms with E-state index in [1.54, 1.807) is 12.1 Å². The van der Waals surface area contributed by atoms with Gasteiger partial charge < -0.3 is 4.57 Å². The Morgan fingerprint density at radius 1 is 1.33 bits per heavy atom. The summed E-state index contributed by atoms with van der Waals surface area (Å²) in [6.07, 6.45) is 2.96. The summed E-state index contributed by atoms with van der Waals surface area (Å²) in [5, 5.41) is 0. The minimum absolute atomic E-state index is 0.256. The highest BCUT2D eigenvalue weighted by Gasteiger charge is 2.09. The van der Waals surface area contributed by atoms with Crippen molar-refractivity contribution >= 4 is 19.9 Å². The Morgan fingerprint density at radius 3 is 2.56 bits per heavy atom. The molecule has 1 saturated heterocycles. The average molecular weight is 159 g/mol. The van der Waals surface area contributed by atoms with Gasteiger partial charge in [-0.15, -0.1) is 0 Å². The van der Waals surface area contributed by atoms with Gasteiger partial charge in [0.05, 0.1) is 9.68 Å². The molecule has 0 radical (unpaired) electrons. The van der Waals surface area contributed by atoms with Crippen molar-refractivity contribution in [2.24, 2.45) is 0 Å². The van der Waals surface area contributed by atoms with Crippen LogP contribution in [-0.4, -0.2) is 37.6 Å². The zero-order valence-corrected chi connectivity index (χ0v) is 9.81. The Kier molecular flexibility index (Phi) is 3.54. The molecule has 1 aliphatic heterocycles. The summed E-state index contributed by atoms with van der Waals surface area (Å²) >= 11 is 0. The van der Waals surface area contributed by atoms with Gasteiger partial charge in [0.15, 0.2) is 0 Å². The second kappa shape index (κ2) is 4.25. The summed E-state index contributed by atoms with van der Waals surface area (Å²) in [5.74, 6) is 0. The fourth-order valence-electron chi connectivity index (χ4n) is 1.39. The predicted molar refractivity (Wildman–Crippen MR) is 48.9 cm³/mol. The largest absolute Gasteiger partial charge is 0.329 e.